The van der Waals surface area contributed by atoms with Gasteiger partial charge in [0.05, 0.1) is 0 Å². The van der Waals surface area contributed by atoms with Crippen molar-refractivity contribution in [3.8, 4) is 0 Å². The first kappa shape index (κ1) is 15.9. The zero-order valence-electron chi connectivity index (χ0n) is 12.5. The molecule has 5 heteroatoms. The van der Waals surface area contributed by atoms with E-state index < -0.39 is 11.6 Å². The average Bonchev–Trinajstić information content (AvgIpc) is 2.43. The van der Waals surface area contributed by atoms with Crippen LogP contribution >= 0.6 is 0 Å². The second-order valence-corrected chi connectivity index (χ2v) is 5.89. The Bertz CT molecular complexity index is 487. The van der Waals surface area contributed by atoms with Gasteiger partial charge < -0.3 is 10.6 Å². The van der Waals surface area contributed by atoms with Gasteiger partial charge in [0.25, 0.3) is 0 Å². The maximum atomic E-state index is 13.6. The molecule has 1 aliphatic rings. The summed E-state index contributed by atoms with van der Waals surface area (Å²) in [6.07, 6.45) is 1.76. The van der Waals surface area contributed by atoms with Crippen LogP contribution in [-0.4, -0.2) is 24.5 Å². The van der Waals surface area contributed by atoms with Gasteiger partial charge in [-0.3, -0.25) is 4.79 Å². The van der Waals surface area contributed by atoms with Crippen LogP contribution in [0.2, 0.25) is 0 Å². The van der Waals surface area contributed by atoms with Crippen molar-refractivity contribution in [2.45, 2.75) is 45.2 Å². The lowest BCUT2D eigenvalue weighted by Gasteiger charge is -2.28. The largest absolute Gasteiger partial charge is 0.353 e. The number of rotatable bonds is 4. The Balaban J connectivity index is 1.92. The Morgan fingerprint density at radius 2 is 2.10 bits per heavy atom. The summed E-state index contributed by atoms with van der Waals surface area (Å²) in [7, 11) is 0. The van der Waals surface area contributed by atoms with Crippen molar-refractivity contribution in [2.75, 3.05) is 6.54 Å². The molecule has 0 radical (unpaired) electrons. The van der Waals surface area contributed by atoms with E-state index in [4.69, 9.17) is 0 Å². The van der Waals surface area contributed by atoms with Gasteiger partial charge in [0, 0.05) is 23.6 Å². The molecule has 3 nitrogen and oxygen atoms in total. The van der Waals surface area contributed by atoms with Gasteiger partial charge in [-0.25, -0.2) is 8.78 Å². The molecule has 1 aromatic rings. The predicted molar refractivity (Wildman–Crippen MR) is 77.9 cm³/mol. The highest BCUT2D eigenvalue weighted by Crippen LogP contribution is 2.18. The van der Waals surface area contributed by atoms with Gasteiger partial charge in [0.1, 0.15) is 11.6 Å². The lowest BCUT2D eigenvalue weighted by Crippen LogP contribution is -2.45. The highest BCUT2D eigenvalue weighted by Gasteiger charge is 2.25. The van der Waals surface area contributed by atoms with E-state index in [0.717, 1.165) is 19.4 Å². The molecule has 0 bridgehead atoms. The van der Waals surface area contributed by atoms with Gasteiger partial charge in [0.15, 0.2) is 0 Å². The van der Waals surface area contributed by atoms with E-state index in [0.29, 0.717) is 6.04 Å². The minimum Gasteiger partial charge on any atom is -0.353 e. The second kappa shape index (κ2) is 6.98. The zero-order valence-corrected chi connectivity index (χ0v) is 12.5. The standard InChI is InChI=1S/C16H22F2N2O/c1-10-8-12(6-7-19-10)16(21)20-11(2)9-13-14(17)4-3-5-15(13)18/h3-5,10-12,19H,6-9H2,1-2H3,(H,20,21). The van der Waals surface area contributed by atoms with Crippen molar-refractivity contribution in [3.05, 3.63) is 35.4 Å². The van der Waals surface area contributed by atoms with Crippen molar-refractivity contribution in [2.24, 2.45) is 5.92 Å². The van der Waals surface area contributed by atoms with E-state index in [1.165, 1.54) is 18.2 Å². The number of hydrogen-bond acceptors (Lipinski definition) is 2. The van der Waals surface area contributed by atoms with Crippen molar-refractivity contribution in [3.63, 3.8) is 0 Å². The first-order valence-electron chi connectivity index (χ1n) is 7.44. The molecule has 0 aliphatic carbocycles. The van der Waals surface area contributed by atoms with Gasteiger partial charge in [-0.15, -0.1) is 0 Å². The third kappa shape index (κ3) is 4.24. The molecule has 0 aromatic heterocycles. The highest BCUT2D eigenvalue weighted by molar-refractivity contribution is 5.79. The smallest absolute Gasteiger partial charge is 0.223 e. The van der Waals surface area contributed by atoms with Gasteiger partial charge in [-0.1, -0.05) is 6.07 Å². The van der Waals surface area contributed by atoms with Crippen LogP contribution in [-0.2, 0) is 11.2 Å². The van der Waals surface area contributed by atoms with Crippen LogP contribution in [0.15, 0.2) is 18.2 Å². The number of benzene rings is 1. The molecule has 1 saturated heterocycles. The molecule has 2 N–H and O–H groups in total. The molecule has 21 heavy (non-hydrogen) atoms. The summed E-state index contributed by atoms with van der Waals surface area (Å²) in [5.41, 5.74) is 0.0315. The SMILES string of the molecule is CC1CC(C(=O)NC(C)Cc2c(F)cccc2F)CCN1. The number of halogens is 2. The first-order chi connectivity index (χ1) is 9.97. The van der Waals surface area contributed by atoms with Crippen molar-refractivity contribution < 1.29 is 13.6 Å². The Morgan fingerprint density at radius 1 is 1.43 bits per heavy atom. The molecule has 116 valence electrons. The Labute approximate surface area is 124 Å². The van der Waals surface area contributed by atoms with E-state index in [-0.39, 0.29) is 29.9 Å². The lowest BCUT2D eigenvalue weighted by molar-refractivity contribution is -0.126. The van der Waals surface area contributed by atoms with Crippen LogP contribution in [0.1, 0.15) is 32.3 Å². The molecule has 0 saturated carbocycles. The Kier molecular flexibility index (Phi) is 5.28. The fourth-order valence-electron chi connectivity index (χ4n) is 2.82. The van der Waals surface area contributed by atoms with Crippen LogP contribution in [0.25, 0.3) is 0 Å². The minimum absolute atomic E-state index is 0.0193. The number of hydrogen-bond donors (Lipinski definition) is 2. The molecule has 1 heterocycles. The van der Waals surface area contributed by atoms with E-state index in [2.05, 4.69) is 17.6 Å². The van der Waals surface area contributed by atoms with E-state index in [9.17, 15) is 13.6 Å². The summed E-state index contributed by atoms with van der Waals surface area (Å²) < 4.78 is 27.2. The van der Waals surface area contributed by atoms with Crippen LogP contribution in [0.5, 0.6) is 0 Å². The van der Waals surface area contributed by atoms with E-state index in [1.54, 1.807) is 6.92 Å². The van der Waals surface area contributed by atoms with Crippen LogP contribution < -0.4 is 10.6 Å². The van der Waals surface area contributed by atoms with Crippen molar-refractivity contribution in [1.29, 1.82) is 0 Å². The van der Waals surface area contributed by atoms with E-state index in [1.807, 2.05) is 0 Å². The van der Waals surface area contributed by atoms with E-state index >= 15 is 0 Å². The van der Waals surface area contributed by atoms with Crippen LogP contribution in [0.3, 0.4) is 0 Å². The monoisotopic (exact) mass is 296 g/mol. The first-order valence-corrected chi connectivity index (χ1v) is 7.44. The van der Waals surface area contributed by atoms with Gasteiger partial charge in [-0.05, 0) is 51.8 Å². The quantitative estimate of drug-likeness (QED) is 0.896. The summed E-state index contributed by atoms with van der Waals surface area (Å²) in [5.74, 6) is -1.17. The van der Waals surface area contributed by atoms with Crippen molar-refractivity contribution >= 4 is 5.91 Å². The maximum absolute atomic E-state index is 13.6. The maximum Gasteiger partial charge on any atom is 0.223 e. The topological polar surface area (TPSA) is 41.1 Å². The summed E-state index contributed by atoms with van der Waals surface area (Å²) in [6.45, 7) is 4.65. The molecule has 1 aliphatic heterocycles. The molecular weight excluding hydrogens is 274 g/mol. The fourth-order valence-corrected chi connectivity index (χ4v) is 2.82. The molecule has 1 fully saturated rings. The molecule has 3 atom stereocenters. The molecule has 2 rings (SSSR count). The second-order valence-electron chi connectivity index (χ2n) is 5.89. The third-order valence-corrected chi connectivity index (χ3v) is 3.96. The number of carbonyl (C=O) groups excluding carboxylic acids is 1. The van der Waals surface area contributed by atoms with Gasteiger partial charge in [0.2, 0.25) is 5.91 Å². The summed E-state index contributed by atoms with van der Waals surface area (Å²) in [6, 6.07) is 3.85. The van der Waals surface area contributed by atoms with Crippen LogP contribution in [0.4, 0.5) is 8.78 Å². The fraction of sp³-hybridized carbons (Fsp3) is 0.562. The Hall–Kier alpha value is -1.49. The molecule has 1 amide bonds. The normalized spacial score (nSPS) is 23.6. The number of piperidine rings is 1. The minimum atomic E-state index is -0.563. The third-order valence-electron chi connectivity index (χ3n) is 3.96. The summed E-state index contributed by atoms with van der Waals surface area (Å²) in [5, 5.41) is 6.17. The molecule has 0 spiro atoms. The van der Waals surface area contributed by atoms with Gasteiger partial charge >= 0.3 is 0 Å². The van der Waals surface area contributed by atoms with Crippen LogP contribution in [0, 0.1) is 17.6 Å². The number of amides is 1. The molecule has 3 unspecified atom stereocenters. The molecule has 1 aromatic carbocycles. The van der Waals surface area contributed by atoms with Gasteiger partial charge in [-0.2, -0.15) is 0 Å². The Morgan fingerprint density at radius 3 is 2.71 bits per heavy atom. The average molecular weight is 296 g/mol. The number of nitrogens with one attached hydrogen (secondary N) is 2. The molecular formula is C16H22F2N2O. The predicted octanol–water partition coefficient (Wildman–Crippen LogP) is 2.40. The summed E-state index contributed by atoms with van der Waals surface area (Å²) in [4.78, 5) is 12.2. The lowest BCUT2D eigenvalue weighted by atomic mass is 9.92. The summed E-state index contributed by atoms with van der Waals surface area (Å²) >= 11 is 0. The zero-order chi connectivity index (χ0) is 15.4. The highest BCUT2D eigenvalue weighted by atomic mass is 19.1. The number of carbonyl (C=O) groups is 1. The van der Waals surface area contributed by atoms with Crippen molar-refractivity contribution in [1.82, 2.24) is 10.6 Å².